The van der Waals surface area contributed by atoms with Gasteiger partial charge in [0.25, 0.3) is 0 Å². The van der Waals surface area contributed by atoms with Crippen LogP contribution in [-0.4, -0.2) is 55.7 Å². The van der Waals surface area contributed by atoms with Gasteiger partial charge in [0.1, 0.15) is 12.4 Å². The first-order valence-electron chi connectivity index (χ1n) is 8.73. The highest BCUT2D eigenvalue weighted by Crippen LogP contribution is 2.27. The summed E-state index contributed by atoms with van der Waals surface area (Å²) in [6, 6.07) is 5.34. The van der Waals surface area contributed by atoms with Crippen LogP contribution in [0.4, 0.5) is 0 Å². The van der Waals surface area contributed by atoms with Crippen molar-refractivity contribution in [2.75, 3.05) is 45.9 Å². The van der Waals surface area contributed by atoms with Crippen LogP contribution in [0.2, 0.25) is 10.0 Å². The third-order valence-electron chi connectivity index (χ3n) is 4.98. The van der Waals surface area contributed by atoms with E-state index in [2.05, 4.69) is 9.80 Å². The Morgan fingerprint density at radius 2 is 1.74 bits per heavy atom. The lowest BCUT2D eigenvalue weighted by atomic mass is 9.96. The third-order valence-corrected chi connectivity index (χ3v) is 5.53. The molecule has 2 fully saturated rings. The average Bonchev–Trinajstić information content (AvgIpc) is 3.05. The molecule has 128 valence electrons. The molecule has 2 saturated heterocycles. The molecule has 1 aromatic carbocycles. The van der Waals surface area contributed by atoms with Crippen LogP contribution < -0.4 is 4.74 Å². The van der Waals surface area contributed by atoms with Gasteiger partial charge in [0.15, 0.2) is 0 Å². The van der Waals surface area contributed by atoms with Crippen LogP contribution in [0.1, 0.15) is 25.7 Å². The van der Waals surface area contributed by atoms with E-state index in [1.54, 1.807) is 18.2 Å². The maximum atomic E-state index is 6.12. The van der Waals surface area contributed by atoms with Crippen molar-refractivity contribution in [3.63, 3.8) is 0 Å². The Labute approximate surface area is 149 Å². The lowest BCUT2D eigenvalue weighted by Crippen LogP contribution is -2.39. The fraction of sp³-hybridized carbons (Fsp3) is 0.667. The van der Waals surface area contributed by atoms with Crippen molar-refractivity contribution in [1.82, 2.24) is 9.80 Å². The highest BCUT2D eigenvalue weighted by molar-refractivity contribution is 6.34. The Morgan fingerprint density at radius 1 is 1.00 bits per heavy atom. The first-order chi connectivity index (χ1) is 11.2. The van der Waals surface area contributed by atoms with Gasteiger partial charge < -0.3 is 9.64 Å². The summed E-state index contributed by atoms with van der Waals surface area (Å²) < 4.78 is 5.79. The van der Waals surface area contributed by atoms with E-state index in [4.69, 9.17) is 27.9 Å². The second-order valence-corrected chi connectivity index (χ2v) is 7.56. The molecule has 0 saturated carbocycles. The highest BCUT2D eigenvalue weighted by Gasteiger charge is 2.22. The summed E-state index contributed by atoms with van der Waals surface area (Å²) in [6.07, 6.45) is 5.41. The van der Waals surface area contributed by atoms with Gasteiger partial charge in [0, 0.05) is 24.2 Å². The Balaban J connectivity index is 1.35. The van der Waals surface area contributed by atoms with Crippen molar-refractivity contribution in [2.24, 2.45) is 5.92 Å². The zero-order valence-corrected chi connectivity index (χ0v) is 15.2. The maximum absolute atomic E-state index is 6.12. The first-order valence-corrected chi connectivity index (χ1v) is 9.49. The van der Waals surface area contributed by atoms with Crippen LogP contribution in [0.15, 0.2) is 18.2 Å². The maximum Gasteiger partial charge on any atom is 0.139 e. The SMILES string of the molecule is Clc1ccc(Cl)c(OCCN2CCC(CN3CCCC3)CC2)c1. The zero-order chi connectivity index (χ0) is 16.1. The molecular formula is C18H26Cl2N2O. The minimum absolute atomic E-state index is 0.624. The molecule has 2 aliphatic rings. The molecule has 3 nitrogen and oxygen atoms in total. The number of halogens is 2. The van der Waals surface area contributed by atoms with Crippen molar-refractivity contribution >= 4 is 23.2 Å². The Morgan fingerprint density at radius 3 is 2.48 bits per heavy atom. The summed E-state index contributed by atoms with van der Waals surface area (Å²) in [5.74, 6) is 1.57. The quantitative estimate of drug-likeness (QED) is 0.760. The molecule has 0 aromatic heterocycles. The van der Waals surface area contributed by atoms with E-state index in [0.717, 1.165) is 12.5 Å². The summed E-state index contributed by atoms with van der Waals surface area (Å²) in [7, 11) is 0. The van der Waals surface area contributed by atoms with Gasteiger partial charge >= 0.3 is 0 Å². The minimum atomic E-state index is 0.624. The van der Waals surface area contributed by atoms with Crippen LogP contribution in [0.25, 0.3) is 0 Å². The van der Waals surface area contributed by atoms with Crippen molar-refractivity contribution < 1.29 is 4.74 Å². The monoisotopic (exact) mass is 356 g/mol. The molecule has 0 bridgehead atoms. The number of nitrogens with zero attached hydrogens (tertiary/aromatic N) is 2. The summed E-state index contributed by atoms with van der Waals surface area (Å²) >= 11 is 12.1. The minimum Gasteiger partial charge on any atom is -0.491 e. The smallest absolute Gasteiger partial charge is 0.139 e. The fourth-order valence-corrected chi connectivity index (χ4v) is 3.93. The molecular weight excluding hydrogens is 331 g/mol. The summed E-state index contributed by atoms with van der Waals surface area (Å²) in [5, 5.41) is 1.28. The van der Waals surface area contributed by atoms with Gasteiger partial charge in [-0.3, -0.25) is 4.90 Å². The Kier molecular flexibility index (Phi) is 6.46. The second kappa shape index (κ2) is 8.57. The third kappa shape index (κ3) is 5.25. The normalized spacial score (nSPS) is 21.0. The molecule has 0 amide bonds. The van der Waals surface area contributed by atoms with Gasteiger partial charge in [-0.25, -0.2) is 0 Å². The lowest BCUT2D eigenvalue weighted by Gasteiger charge is -2.33. The topological polar surface area (TPSA) is 15.7 Å². The summed E-state index contributed by atoms with van der Waals surface area (Å²) in [4.78, 5) is 5.14. The Hall–Kier alpha value is -0.480. The van der Waals surface area contributed by atoms with E-state index < -0.39 is 0 Å². The number of piperidine rings is 1. The second-order valence-electron chi connectivity index (χ2n) is 6.72. The van der Waals surface area contributed by atoms with Crippen LogP contribution in [0, 0.1) is 5.92 Å². The zero-order valence-electron chi connectivity index (χ0n) is 13.6. The number of hydrogen-bond donors (Lipinski definition) is 0. The largest absolute Gasteiger partial charge is 0.491 e. The molecule has 2 aliphatic heterocycles. The highest BCUT2D eigenvalue weighted by atomic mass is 35.5. The van der Waals surface area contributed by atoms with E-state index in [1.807, 2.05) is 0 Å². The van der Waals surface area contributed by atoms with Crippen molar-refractivity contribution in [1.29, 1.82) is 0 Å². The summed E-state index contributed by atoms with van der Waals surface area (Å²) in [5.41, 5.74) is 0. The lowest BCUT2D eigenvalue weighted by molar-refractivity contribution is 0.135. The van der Waals surface area contributed by atoms with Gasteiger partial charge in [0.2, 0.25) is 0 Å². The van der Waals surface area contributed by atoms with Gasteiger partial charge in [-0.05, 0) is 69.9 Å². The molecule has 23 heavy (non-hydrogen) atoms. The van der Waals surface area contributed by atoms with Crippen molar-refractivity contribution in [3.8, 4) is 5.75 Å². The number of likely N-dealkylation sites (tertiary alicyclic amines) is 2. The Bertz CT molecular complexity index is 498. The number of hydrogen-bond acceptors (Lipinski definition) is 3. The van der Waals surface area contributed by atoms with Gasteiger partial charge in [0.05, 0.1) is 5.02 Å². The standard InChI is InChI=1S/C18H26Cl2N2O/c19-16-3-4-17(20)18(13-16)23-12-11-21-9-5-15(6-10-21)14-22-7-1-2-8-22/h3-4,13,15H,1-2,5-12,14H2. The molecule has 0 radical (unpaired) electrons. The van der Waals surface area contributed by atoms with Crippen LogP contribution in [-0.2, 0) is 0 Å². The molecule has 1 aromatic rings. The summed E-state index contributed by atoms with van der Waals surface area (Å²) in [6.45, 7) is 7.93. The van der Waals surface area contributed by atoms with Crippen LogP contribution in [0.3, 0.4) is 0 Å². The molecule has 0 aliphatic carbocycles. The fourth-order valence-electron chi connectivity index (χ4n) is 3.60. The van der Waals surface area contributed by atoms with Crippen molar-refractivity contribution in [2.45, 2.75) is 25.7 Å². The van der Waals surface area contributed by atoms with E-state index in [9.17, 15) is 0 Å². The van der Waals surface area contributed by atoms with E-state index in [1.165, 1.54) is 58.4 Å². The van der Waals surface area contributed by atoms with Gasteiger partial charge in [-0.1, -0.05) is 23.2 Å². The number of ether oxygens (including phenoxy) is 1. The van der Waals surface area contributed by atoms with E-state index in [0.29, 0.717) is 22.4 Å². The van der Waals surface area contributed by atoms with Crippen LogP contribution >= 0.6 is 23.2 Å². The molecule has 2 heterocycles. The average molecular weight is 357 g/mol. The molecule has 3 rings (SSSR count). The van der Waals surface area contributed by atoms with Crippen molar-refractivity contribution in [3.05, 3.63) is 28.2 Å². The van der Waals surface area contributed by atoms with Gasteiger partial charge in [-0.15, -0.1) is 0 Å². The van der Waals surface area contributed by atoms with Gasteiger partial charge in [-0.2, -0.15) is 0 Å². The molecule has 0 N–H and O–H groups in total. The molecule has 5 heteroatoms. The predicted octanol–water partition coefficient (Wildman–Crippen LogP) is 4.18. The molecule has 0 atom stereocenters. The predicted molar refractivity (Wildman–Crippen MR) is 96.8 cm³/mol. The number of benzene rings is 1. The number of rotatable bonds is 6. The molecule has 0 spiro atoms. The van der Waals surface area contributed by atoms with Crippen LogP contribution in [0.5, 0.6) is 5.75 Å². The van der Waals surface area contributed by atoms with E-state index in [-0.39, 0.29) is 0 Å². The van der Waals surface area contributed by atoms with E-state index >= 15 is 0 Å². The molecule has 0 unspecified atom stereocenters. The first kappa shape index (κ1) is 17.3.